The smallest absolute Gasteiger partial charge is 0.480 e. The fourth-order valence-electron chi connectivity index (χ4n) is 4.40. The standard InChI is InChI=1S/C30H31Cl2N5O8/c31-22-9-6-10-23(32)27(22)28(39)36-24(29(40)41)15-35-26(38)18-43-21-13-20(14-34-25-11-4-5-12-33-25)37(16-21)45-30(42)44-17-19-7-2-1-3-8-19/h1-12,20-21,24H,13-18H2,(H,33,34)(H,35,38)(H,36,39)(H,40,41). The van der Waals surface area contributed by atoms with Crippen molar-refractivity contribution >= 4 is 53.0 Å². The van der Waals surface area contributed by atoms with Crippen LogP contribution in [-0.2, 0) is 30.5 Å². The highest BCUT2D eigenvalue weighted by Gasteiger charge is 2.36. The van der Waals surface area contributed by atoms with Crippen LogP contribution in [0.4, 0.5) is 10.6 Å². The second-order valence-electron chi connectivity index (χ2n) is 9.90. The van der Waals surface area contributed by atoms with E-state index in [2.05, 4.69) is 20.9 Å². The Balaban J connectivity index is 1.28. The van der Waals surface area contributed by atoms with Gasteiger partial charge in [0.25, 0.3) is 5.91 Å². The third kappa shape index (κ3) is 10.3. The van der Waals surface area contributed by atoms with Crippen LogP contribution in [0, 0.1) is 0 Å². The Labute approximate surface area is 268 Å². The average molecular weight is 661 g/mol. The van der Waals surface area contributed by atoms with Crippen molar-refractivity contribution < 1.29 is 38.6 Å². The van der Waals surface area contributed by atoms with Gasteiger partial charge in [0.05, 0.1) is 34.3 Å². The van der Waals surface area contributed by atoms with Gasteiger partial charge in [-0.2, -0.15) is 0 Å². The molecule has 0 radical (unpaired) electrons. The number of nitrogens with zero attached hydrogens (tertiary/aromatic N) is 2. The number of carboxylic acids is 1. The number of ether oxygens (including phenoxy) is 2. The zero-order valence-electron chi connectivity index (χ0n) is 23.9. The van der Waals surface area contributed by atoms with Crippen LogP contribution in [0.3, 0.4) is 0 Å². The number of nitrogens with one attached hydrogen (secondary N) is 3. The number of rotatable bonds is 14. The predicted octanol–water partition coefficient (Wildman–Crippen LogP) is 3.53. The van der Waals surface area contributed by atoms with Gasteiger partial charge < -0.3 is 35.4 Å². The molecule has 2 heterocycles. The Bertz CT molecular complexity index is 1450. The number of pyridine rings is 1. The molecule has 0 saturated carbocycles. The summed E-state index contributed by atoms with van der Waals surface area (Å²) in [6, 6.07) is 17.2. The Morgan fingerprint density at radius 2 is 1.73 bits per heavy atom. The minimum absolute atomic E-state index is 0.0354. The molecule has 1 fully saturated rings. The Kier molecular flexibility index (Phi) is 12.3. The fourth-order valence-corrected chi connectivity index (χ4v) is 4.97. The van der Waals surface area contributed by atoms with Gasteiger partial charge in [0.1, 0.15) is 25.1 Å². The second-order valence-corrected chi connectivity index (χ2v) is 10.7. The summed E-state index contributed by atoms with van der Waals surface area (Å²) in [5.74, 6) is -2.17. The van der Waals surface area contributed by atoms with Crippen LogP contribution in [-0.4, -0.2) is 83.5 Å². The first-order valence-electron chi connectivity index (χ1n) is 13.9. The largest absolute Gasteiger partial charge is 0.528 e. The topological polar surface area (TPSA) is 168 Å². The number of aliphatic carboxylic acids is 1. The van der Waals surface area contributed by atoms with Crippen LogP contribution in [0.1, 0.15) is 22.3 Å². The van der Waals surface area contributed by atoms with Gasteiger partial charge in [-0.05, 0) is 36.2 Å². The van der Waals surface area contributed by atoms with E-state index in [0.717, 1.165) is 5.56 Å². The number of carbonyl (C=O) groups excluding carboxylic acids is 3. The highest BCUT2D eigenvalue weighted by molar-refractivity contribution is 6.39. The van der Waals surface area contributed by atoms with Gasteiger partial charge in [-0.25, -0.2) is 14.6 Å². The van der Waals surface area contributed by atoms with Crippen LogP contribution in [0.2, 0.25) is 10.0 Å². The van der Waals surface area contributed by atoms with E-state index in [9.17, 15) is 24.3 Å². The molecule has 0 spiro atoms. The quantitative estimate of drug-likeness (QED) is 0.187. The number of benzene rings is 2. The number of amides is 2. The molecule has 2 amide bonds. The maximum atomic E-state index is 12.6. The summed E-state index contributed by atoms with van der Waals surface area (Å²) in [4.78, 5) is 59.0. The summed E-state index contributed by atoms with van der Waals surface area (Å²) in [5, 5.41) is 19.0. The van der Waals surface area contributed by atoms with Crippen LogP contribution < -0.4 is 16.0 Å². The van der Waals surface area contributed by atoms with Gasteiger partial charge in [0, 0.05) is 19.3 Å². The lowest BCUT2D eigenvalue weighted by molar-refractivity contribution is -0.143. The molecule has 3 unspecified atom stereocenters. The van der Waals surface area contributed by atoms with E-state index in [1.807, 2.05) is 36.4 Å². The molecule has 1 aromatic heterocycles. The molecule has 0 aliphatic carbocycles. The molecule has 2 aromatic carbocycles. The number of carbonyl (C=O) groups is 4. The normalized spacial score (nSPS) is 16.8. The number of hydroxylamine groups is 2. The van der Waals surface area contributed by atoms with Crippen LogP contribution in [0.25, 0.3) is 0 Å². The van der Waals surface area contributed by atoms with Crippen molar-refractivity contribution in [1.82, 2.24) is 20.7 Å². The molecule has 4 rings (SSSR count). The van der Waals surface area contributed by atoms with Gasteiger partial charge >= 0.3 is 12.1 Å². The minimum atomic E-state index is -1.46. The van der Waals surface area contributed by atoms with Crippen LogP contribution >= 0.6 is 23.2 Å². The van der Waals surface area contributed by atoms with E-state index in [1.165, 1.54) is 17.2 Å². The van der Waals surface area contributed by atoms with Crippen molar-refractivity contribution in [2.24, 2.45) is 0 Å². The van der Waals surface area contributed by atoms with E-state index in [4.69, 9.17) is 37.5 Å². The van der Waals surface area contributed by atoms with Crippen LogP contribution in [0.15, 0.2) is 72.9 Å². The molecule has 1 aliphatic rings. The lowest BCUT2D eigenvalue weighted by Gasteiger charge is -2.22. The first kappa shape index (κ1) is 33.5. The predicted molar refractivity (Wildman–Crippen MR) is 164 cm³/mol. The molecule has 0 bridgehead atoms. The number of carboxylic acid groups (broad SMARTS) is 1. The summed E-state index contributed by atoms with van der Waals surface area (Å²) in [5.41, 5.74) is 0.722. The fraction of sp³-hybridized carbons (Fsp3) is 0.300. The molecular formula is C30H31Cl2N5O8. The van der Waals surface area contributed by atoms with Gasteiger partial charge in [0.2, 0.25) is 5.91 Å². The number of halogens is 2. The molecule has 1 aliphatic heterocycles. The minimum Gasteiger partial charge on any atom is -0.480 e. The monoisotopic (exact) mass is 659 g/mol. The molecule has 13 nitrogen and oxygen atoms in total. The van der Waals surface area contributed by atoms with E-state index in [0.29, 0.717) is 18.8 Å². The first-order valence-corrected chi connectivity index (χ1v) is 14.6. The molecule has 238 valence electrons. The Hall–Kier alpha value is -4.43. The van der Waals surface area contributed by atoms with Crippen molar-refractivity contribution in [2.45, 2.75) is 31.2 Å². The SMILES string of the molecule is O=C(COC1CC(CNc2ccccn2)N(OC(=O)OCc2ccccc2)C1)NCC(NC(=O)c1c(Cl)cccc1Cl)C(=O)O. The maximum Gasteiger partial charge on any atom is 0.528 e. The molecule has 4 N–H and O–H groups in total. The second kappa shape index (κ2) is 16.6. The van der Waals surface area contributed by atoms with E-state index < -0.39 is 49.2 Å². The zero-order chi connectivity index (χ0) is 32.2. The van der Waals surface area contributed by atoms with Crippen molar-refractivity contribution in [3.05, 3.63) is 94.1 Å². The highest BCUT2D eigenvalue weighted by atomic mass is 35.5. The molecular weight excluding hydrogens is 629 g/mol. The van der Waals surface area contributed by atoms with Crippen molar-refractivity contribution in [2.75, 3.05) is 31.6 Å². The number of anilines is 1. The molecule has 15 heteroatoms. The van der Waals surface area contributed by atoms with E-state index in [1.54, 1.807) is 24.4 Å². The Morgan fingerprint density at radius 3 is 2.42 bits per heavy atom. The number of hydrogen-bond donors (Lipinski definition) is 4. The summed E-state index contributed by atoms with van der Waals surface area (Å²) < 4.78 is 11.0. The molecule has 1 saturated heterocycles. The molecule has 3 aromatic rings. The maximum absolute atomic E-state index is 12.6. The summed E-state index contributed by atoms with van der Waals surface area (Å²) >= 11 is 12.1. The lowest BCUT2D eigenvalue weighted by atomic mass is 10.2. The zero-order valence-corrected chi connectivity index (χ0v) is 25.4. The van der Waals surface area contributed by atoms with Gasteiger partial charge in [-0.15, -0.1) is 5.06 Å². The first-order chi connectivity index (χ1) is 21.7. The van der Waals surface area contributed by atoms with Crippen molar-refractivity contribution in [1.29, 1.82) is 0 Å². The lowest BCUT2D eigenvalue weighted by Crippen LogP contribution is -2.49. The summed E-state index contributed by atoms with van der Waals surface area (Å²) in [6.07, 6.45) is 0.638. The van der Waals surface area contributed by atoms with Gasteiger partial charge in [-0.1, -0.05) is 65.7 Å². The summed E-state index contributed by atoms with van der Waals surface area (Å²) in [7, 11) is 0. The Morgan fingerprint density at radius 1 is 1.00 bits per heavy atom. The third-order valence-electron chi connectivity index (χ3n) is 6.65. The van der Waals surface area contributed by atoms with E-state index in [-0.39, 0.29) is 34.8 Å². The van der Waals surface area contributed by atoms with Crippen molar-refractivity contribution in [3.63, 3.8) is 0 Å². The van der Waals surface area contributed by atoms with E-state index >= 15 is 0 Å². The highest BCUT2D eigenvalue weighted by Crippen LogP contribution is 2.24. The number of aromatic nitrogens is 1. The molecule has 45 heavy (non-hydrogen) atoms. The number of hydrogen-bond acceptors (Lipinski definition) is 10. The van der Waals surface area contributed by atoms with Crippen molar-refractivity contribution in [3.8, 4) is 0 Å². The molecule has 3 atom stereocenters. The van der Waals surface area contributed by atoms with Gasteiger partial charge in [0.15, 0.2) is 0 Å². The summed E-state index contributed by atoms with van der Waals surface area (Å²) in [6.45, 7) is -0.296. The average Bonchev–Trinajstić information content (AvgIpc) is 3.41. The third-order valence-corrected chi connectivity index (χ3v) is 7.28. The van der Waals surface area contributed by atoms with Gasteiger partial charge in [-0.3, -0.25) is 9.59 Å². The van der Waals surface area contributed by atoms with Crippen LogP contribution in [0.5, 0.6) is 0 Å².